The fourth-order valence-electron chi connectivity index (χ4n) is 2.84. The van der Waals surface area contributed by atoms with Gasteiger partial charge < -0.3 is 9.64 Å². The van der Waals surface area contributed by atoms with Gasteiger partial charge in [-0.1, -0.05) is 39.5 Å². The number of ether oxygens (including phenoxy) is 1. The predicted molar refractivity (Wildman–Crippen MR) is 74.4 cm³/mol. The smallest absolute Gasteiger partial charge is 0.310 e. The van der Waals surface area contributed by atoms with Crippen molar-refractivity contribution < 1.29 is 9.53 Å². The quantitative estimate of drug-likeness (QED) is 0.655. The van der Waals surface area contributed by atoms with Crippen molar-refractivity contribution in [1.82, 2.24) is 4.90 Å². The first-order valence-electron chi connectivity index (χ1n) is 7.31. The zero-order valence-corrected chi connectivity index (χ0v) is 12.4. The van der Waals surface area contributed by atoms with Gasteiger partial charge in [-0.3, -0.25) is 4.79 Å². The molecule has 0 aliphatic heterocycles. The molecular formula is C15H29NO2. The summed E-state index contributed by atoms with van der Waals surface area (Å²) in [6, 6.07) is 0. The van der Waals surface area contributed by atoms with Crippen molar-refractivity contribution in [1.29, 1.82) is 0 Å². The molecule has 106 valence electrons. The standard InChI is InChI=1S/C15H29NO2/c1-12(2)14(15(17)18-4)11-16(3)10-9-13-7-5-6-8-13/h12-14H,5-11H2,1-4H3. The normalized spacial score (nSPS) is 18.6. The van der Waals surface area contributed by atoms with Crippen molar-refractivity contribution >= 4 is 5.97 Å². The van der Waals surface area contributed by atoms with Gasteiger partial charge in [0.15, 0.2) is 0 Å². The third-order valence-corrected chi connectivity index (χ3v) is 4.21. The third kappa shape index (κ3) is 4.97. The second-order valence-corrected chi connectivity index (χ2v) is 6.08. The minimum absolute atomic E-state index is 0.00331. The molecule has 0 heterocycles. The van der Waals surface area contributed by atoms with Gasteiger partial charge in [0, 0.05) is 6.54 Å². The fourth-order valence-corrected chi connectivity index (χ4v) is 2.84. The lowest BCUT2D eigenvalue weighted by Gasteiger charge is -2.25. The molecule has 3 nitrogen and oxygen atoms in total. The van der Waals surface area contributed by atoms with Gasteiger partial charge in [0.25, 0.3) is 0 Å². The Morgan fingerprint density at radius 1 is 1.33 bits per heavy atom. The van der Waals surface area contributed by atoms with Crippen LogP contribution in [0.25, 0.3) is 0 Å². The Hall–Kier alpha value is -0.570. The summed E-state index contributed by atoms with van der Waals surface area (Å²) in [7, 11) is 3.60. The van der Waals surface area contributed by atoms with Crippen LogP contribution in [0, 0.1) is 17.8 Å². The molecule has 1 rings (SSSR count). The first kappa shape index (κ1) is 15.5. The molecule has 0 radical (unpaired) electrons. The van der Waals surface area contributed by atoms with Gasteiger partial charge in [-0.15, -0.1) is 0 Å². The van der Waals surface area contributed by atoms with E-state index in [1.165, 1.54) is 39.2 Å². The molecule has 1 aliphatic carbocycles. The maximum Gasteiger partial charge on any atom is 0.310 e. The SMILES string of the molecule is COC(=O)C(CN(C)CCC1CCCC1)C(C)C. The van der Waals surface area contributed by atoms with Crippen LogP contribution in [-0.2, 0) is 9.53 Å². The molecule has 0 spiro atoms. The van der Waals surface area contributed by atoms with Gasteiger partial charge >= 0.3 is 5.97 Å². The largest absolute Gasteiger partial charge is 0.469 e. The van der Waals surface area contributed by atoms with Crippen LogP contribution in [0.5, 0.6) is 0 Å². The number of hydrogen-bond donors (Lipinski definition) is 0. The van der Waals surface area contributed by atoms with Crippen LogP contribution in [0.2, 0.25) is 0 Å². The predicted octanol–water partition coefficient (Wildman–Crippen LogP) is 2.94. The van der Waals surface area contributed by atoms with E-state index < -0.39 is 0 Å². The van der Waals surface area contributed by atoms with E-state index in [0.717, 1.165) is 19.0 Å². The van der Waals surface area contributed by atoms with Gasteiger partial charge in [-0.05, 0) is 31.8 Å². The topological polar surface area (TPSA) is 29.5 Å². The fraction of sp³-hybridized carbons (Fsp3) is 0.933. The lowest BCUT2D eigenvalue weighted by atomic mass is 9.95. The maximum absolute atomic E-state index is 11.7. The van der Waals surface area contributed by atoms with Gasteiger partial charge in [-0.2, -0.15) is 0 Å². The number of rotatable bonds is 7. The molecule has 0 aromatic carbocycles. The zero-order chi connectivity index (χ0) is 13.5. The molecule has 3 heteroatoms. The molecule has 0 aromatic rings. The number of carbonyl (C=O) groups excluding carboxylic acids is 1. The van der Waals surface area contributed by atoms with E-state index in [0.29, 0.717) is 5.92 Å². The lowest BCUT2D eigenvalue weighted by molar-refractivity contribution is -0.147. The Labute approximate surface area is 112 Å². The molecule has 0 aromatic heterocycles. The summed E-state index contributed by atoms with van der Waals surface area (Å²) < 4.78 is 4.89. The molecule has 0 bridgehead atoms. The second-order valence-electron chi connectivity index (χ2n) is 6.08. The monoisotopic (exact) mass is 255 g/mol. The number of nitrogens with zero attached hydrogens (tertiary/aromatic N) is 1. The summed E-state index contributed by atoms with van der Waals surface area (Å²) in [6.45, 7) is 6.10. The maximum atomic E-state index is 11.7. The van der Waals surface area contributed by atoms with Gasteiger partial charge in [0.2, 0.25) is 0 Å². The third-order valence-electron chi connectivity index (χ3n) is 4.21. The summed E-state index contributed by atoms with van der Waals surface area (Å²) in [5.74, 6) is 1.19. The van der Waals surface area contributed by atoms with Crippen LogP contribution in [0.3, 0.4) is 0 Å². The van der Waals surface area contributed by atoms with Crippen LogP contribution in [0.1, 0.15) is 46.0 Å². The van der Waals surface area contributed by atoms with E-state index in [9.17, 15) is 4.79 Å². The van der Waals surface area contributed by atoms with E-state index in [-0.39, 0.29) is 11.9 Å². The number of carbonyl (C=O) groups is 1. The van der Waals surface area contributed by atoms with E-state index >= 15 is 0 Å². The first-order valence-corrected chi connectivity index (χ1v) is 7.31. The minimum atomic E-state index is -0.0716. The Kier molecular flexibility index (Phi) is 6.69. The van der Waals surface area contributed by atoms with Crippen molar-refractivity contribution in [2.45, 2.75) is 46.0 Å². The highest BCUT2D eigenvalue weighted by molar-refractivity contribution is 5.72. The summed E-state index contributed by atoms with van der Waals surface area (Å²) in [5.41, 5.74) is 0. The van der Waals surface area contributed by atoms with E-state index in [1.54, 1.807) is 0 Å². The van der Waals surface area contributed by atoms with Crippen molar-refractivity contribution in [3.63, 3.8) is 0 Å². The van der Waals surface area contributed by atoms with Gasteiger partial charge in [-0.25, -0.2) is 0 Å². The summed E-state index contributed by atoms with van der Waals surface area (Å²) in [5, 5.41) is 0. The summed E-state index contributed by atoms with van der Waals surface area (Å²) in [6.07, 6.45) is 6.90. The van der Waals surface area contributed by atoms with Crippen molar-refractivity contribution in [3.05, 3.63) is 0 Å². The van der Waals surface area contributed by atoms with Crippen molar-refractivity contribution in [3.8, 4) is 0 Å². The van der Waals surface area contributed by atoms with Crippen LogP contribution >= 0.6 is 0 Å². The van der Waals surface area contributed by atoms with Crippen molar-refractivity contribution in [2.24, 2.45) is 17.8 Å². The molecule has 1 fully saturated rings. The molecule has 1 aliphatic rings. The van der Waals surface area contributed by atoms with Crippen molar-refractivity contribution in [2.75, 3.05) is 27.2 Å². The van der Waals surface area contributed by atoms with Gasteiger partial charge in [0.1, 0.15) is 0 Å². The second kappa shape index (κ2) is 7.78. The average molecular weight is 255 g/mol. The molecular weight excluding hydrogens is 226 g/mol. The molecule has 0 amide bonds. The van der Waals surface area contributed by atoms with E-state index in [1.807, 2.05) is 0 Å². The highest BCUT2D eigenvalue weighted by Gasteiger charge is 2.24. The van der Waals surface area contributed by atoms with Crippen LogP contribution < -0.4 is 0 Å². The molecule has 1 saturated carbocycles. The summed E-state index contributed by atoms with van der Waals surface area (Å²) in [4.78, 5) is 14.0. The molecule has 1 unspecified atom stereocenters. The number of esters is 1. The highest BCUT2D eigenvalue weighted by Crippen LogP contribution is 2.27. The van der Waals surface area contributed by atoms with E-state index in [2.05, 4.69) is 25.8 Å². The Morgan fingerprint density at radius 3 is 2.44 bits per heavy atom. The van der Waals surface area contributed by atoms with Crippen LogP contribution in [0.15, 0.2) is 0 Å². The first-order chi connectivity index (χ1) is 8.54. The zero-order valence-electron chi connectivity index (χ0n) is 12.4. The number of hydrogen-bond acceptors (Lipinski definition) is 3. The minimum Gasteiger partial charge on any atom is -0.469 e. The Morgan fingerprint density at radius 2 is 1.94 bits per heavy atom. The van der Waals surface area contributed by atoms with Crippen LogP contribution in [0.4, 0.5) is 0 Å². The Balaban J connectivity index is 2.31. The van der Waals surface area contributed by atoms with E-state index in [4.69, 9.17) is 4.74 Å². The highest BCUT2D eigenvalue weighted by atomic mass is 16.5. The lowest BCUT2D eigenvalue weighted by Crippen LogP contribution is -2.35. The summed E-state index contributed by atoms with van der Waals surface area (Å²) >= 11 is 0. The molecule has 0 N–H and O–H groups in total. The molecule has 1 atom stereocenters. The number of methoxy groups -OCH3 is 1. The molecule has 18 heavy (non-hydrogen) atoms. The van der Waals surface area contributed by atoms with Crippen LogP contribution in [-0.4, -0.2) is 38.1 Å². The Bertz CT molecular complexity index is 247. The molecule has 0 saturated heterocycles. The average Bonchev–Trinajstić information content (AvgIpc) is 2.85. The van der Waals surface area contributed by atoms with Gasteiger partial charge in [0.05, 0.1) is 13.0 Å².